The summed E-state index contributed by atoms with van der Waals surface area (Å²) in [5.41, 5.74) is -2.33. The maximum absolute atomic E-state index is 14.1. The molecule has 4 N–H and O–H groups in total. The molecular weight excluding hydrogens is 516 g/mol. The molecule has 0 amide bonds. The average molecular weight is 547 g/mol. The van der Waals surface area contributed by atoms with Crippen molar-refractivity contribution in [3.63, 3.8) is 0 Å². The fourth-order valence-electron chi connectivity index (χ4n) is 6.55. The number of aromatic hydroxyl groups is 1. The van der Waals surface area contributed by atoms with E-state index in [1.807, 2.05) is 30.3 Å². The van der Waals surface area contributed by atoms with Crippen LogP contribution < -0.4 is 0 Å². The van der Waals surface area contributed by atoms with Crippen molar-refractivity contribution in [2.45, 2.75) is 57.2 Å². The van der Waals surface area contributed by atoms with Crippen LogP contribution in [0.1, 0.15) is 55.7 Å². The maximum atomic E-state index is 14.1. The molecule has 0 aliphatic heterocycles. The second-order valence-electron chi connectivity index (χ2n) is 10.6. The Labute approximate surface area is 230 Å². The molecule has 5 atom stereocenters. The van der Waals surface area contributed by atoms with Crippen molar-refractivity contribution >= 4 is 29.1 Å². The Kier molecular flexibility index (Phi) is 6.87. The standard InChI is InChI=1S/C31H30O9/c1-3-22(35)40-28-19-14-21(34)23(15(2)32)29(37)31(19,39)30(38)26-25(28)18(13-12-16-8-5-4-6-9-16)17-10-7-11-20(33)24(17)27(26)36/h4-11,18-19,25,28,33,36-37,39H,3,12-14H2,1-2H3/t18-,19+,25+,28+,31+/m0/s1. The SMILES string of the molecule is CCC(=O)O[C@H]1[C@H]2C(=C(O)c3c(O)cccc3[C@@H]2CCc2ccccc2)C(=O)[C@]2(O)C(O)=C(C(C)=O)C(=O)C[C@H]12. The van der Waals surface area contributed by atoms with E-state index >= 15 is 0 Å². The third kappa shape index (κ3) is 4.03. The van der Waals surface area contributed by atoms with Crippen molar-refractivity contribution in [2.24, 2.45) is 11.8 Å². The summed E-state index contributed by atoms with van der Waals surface area (Å²) in [5, 5.41) is 45.1. The van der Waals surface area contributed by atoms with E-state index in [9.17, 15) is 39.6 Å². The molecule has 208 valence electrons. The van der Waals surface area contributed by atoms with Gasteiger partial charge in [-0.2, -0.15) is 0 Å². The largest absolute Gasteiger partial charge is 0.508 e. The minimum Gasteiger partial charge on any atom is -0.508 e. The van der Waals surface area contributed by atoms with Crippen LogP contribution in [0.5, 0.6) is 5.75 Å². The Bertz CT molecular complexity index is 1490. The fraction of sp³-hybridized carbons (Fsp3) is 0.355. The normalized spacial score (nSPS) is 27.6. The monoisotopic (exact) mass is 546 g/mol. The van der Waals surface area contributed by atoms with Gasteiger partial charge in [-0.25, -0.2) is 0 Å². The summed E-state index contributed by atoms with van der Waals surface area (Å²) < 4.78 is 5.83. The average Bonchev–Trinajstić information content (AvgIpc) is 2.92. The minimum atomic E-state index is -2.81. The highest BCUT2D eigenvalue weighted by molar-refractivity contribution is 6.23. The van der Waals surface area contributed by atoms with E-state index in [-0.39, 0.29) is 23.3 Å². The molecule has 0 radical (unpaired) electrons. The molecule has 3 aliphatic carbocycles. The van der Waals surface area contributed by atoms with E-state index in [2.05, 4.69) is 0 Å². The second kappa shape index (κ2) is 10.1. The van der Waals surface area contributed by atoms with Crippen molar-refractivity contribution in [3.8, 4) is 5.75 Å². The molecule has 40 heavy (non-hydrogen) atoms. The van der Waals surface area contributed by atoms with Gasteiger partial charge in [-0.3, -0.25) is 19.2 Å². The zero-order valence-electron chi connectivity index (χ0n) is 22.1. The first-order valence-corrected chi connectivity index (χ1v) is 13.3. The Balaban J connectivity index is 1.76. The molecule has 0 heterocycles. The van der Waals surface area contributed by atoms with Crippen LogP contribution in [0, 0.1) is 11.8 Å². The molecule has 0 aromatic heterocycles. The van der Waals surface area contributed by atoms with Gasteiger partial charge in [-0.05, 0) is 42.9 Å². The number of phenolic OH excluding ortho intramolecular Hbond substituents is 1. The van der Waals surface area contributed by atoms with Crippen LogP contribution in [-0.2, 0) is 30.3 Å². The van der Waals surface area contributed by atoms with Crippen LogP contribution >= 0.6 is 0 Å². The lowest BCUT2D eigenvalue weighted by atomic mass is 9.54. The number of rotatable bonds is 6. The summed E-state index contributed by atoms with van der Waals surface area (Å²) in [4.78, 5) is 52.1. The highest BCUT2D eigenvalue weighted by Gasteiger charge is 2.66. The molecular formula is C31H30O9. The van der Waals surface area contributed by atoms with Gasteiger partial charge < -0.3 is 25.2 Å². The van der Waals surface area contributed by atoms with Gasteiger partial charge in [0.25, 0.3) is 0 Å². The number of esters is 1. The zero-order chi connectivity index (χ0) is 28.9. The topological polar surface area (TPSA) is 158 Å². The Hall–Kier alpha value is -4.24. The number of hydrogen-bond donors (Lipinski definition) is 4. The Morgan fingerprint density at radius 3 is 2.38 bits per heavy atom. The lowest BCUT2D eigenvalue weighted by Crippen LogP contribution is -2.64. The van der Waals surface area contributed by atoms with Crippen LogP contribution in [-0.4, -0.2) is 55.5 Å². The summed E-state index contributed by atoms with van der Waals surface area (Å²) in [6.45, 7) is 2.60. The number of aliphatic hydroxyl groups is 3. The molecule has 9 nitrogen and oxygen atoms in total. The van der Waals surface area contributed by atoms with Crippen LogP contribution in [0.25, 0.3) is 5.76 Å². The van der Waals surface area contributed by atoms with Crippen molar-refractivity contribution in [3.05, 3.63) is 82.1 Å². The number of aliphatic hydroxyl groups excluding tert-OH is 2. The quantitative estimate of drug-likeness (QED) is 0.313. The fourth-order valence-corrected chi connectivity index (χ4v) is 6.55. The number of aryl methyl sites for hydroxylation is 1. The molecule has 3 aliphatic rings. The van der Waals surface area contributed by atoms with Crippen LogP contribution in [0.15, 0.2) is 65.4 Å². The lowest BCUT2D eigenvalue weighted by Gasteiger charge is -2.52. The van der Waals surface area contributed by atoms with Gasteiger partial charge in [0.1, 0.15) is 28.9 Å². The highest BCUT2D eigenvalue weighted by Crippen LogP contribution is 2.57. The lowest BCUT2D eigenvalue weighted by molar-refractivity contribution is -0.178. The van der Waals surface area contributed by atoms with Gasteiger partial charge in [0.2, 0.25) is 5.78 Å². The maximum Gasteiger partial charge on any atom is 0.305 e. The van der Waals surface area contributed by atoms with Gasteiger partial charge in [-0.15, -0.1) is 0 Å². The molecule has 0 bridgehead atoms. The van der Waals surface area contributed by atoms with Crippen molar-refractivity contribution in [2.75, 3.05) is 0 Å². The summed E-state index contributed by atoms with van der Waals surface area (Å²) in [5.74, 6) is -8.43. The van der Waals surface area contributed by atoms with Gasteiger partial charge in [-0.1, -0.05) is 49.4 Å². The molecule has 0 unspecified atom stereocenters. The predicted octanol–water partition coefficient (Wildman–Crippen LogP) is 3.63. The van der Waals surface area contributed by atoms with Gasteiger partial charge in [0.05, 0.1) is 5.56 Å². The Morgan fingerprint density at radius 2 is 1.73 bits per heavy atom. The van der Waals surface area contributed by atoms with Gasteiger partial charge in [0, 0.05) is 30.3 Å². The van der Waals surface area contributed by atoms with E-state index in [0.717, 1.165) is 12.5 Å². The molecule has 0 spiro atoms. The first-order chi connectivity index (χ1) is 19.0. The van der Waals surface area contributed by atoms with Crippen LogP contribution in [0.2, 0.25) is 0 Å². The van der Waals surface area contributed by atoms with E-state index < -0.39 is 76.3 Å². The first-order valence-electron chi connectivity index (χ1n) is 13.3. The number of carbonyl (C=O) groups is 4. The first kappa shape index (κ1) is 27.3. The van der Waals surface area contributed by atoms with E-state index in [4.69, 9.17) is 4.74 Å². The summed E-state index contributed by atoms with van der Waals surface area (Å²) in [7, 11) is 0. The number of Topliss-reactive ketones (excluding diaryl/α,β-unsaturated/α-hetero) is 3. The summed E-state index contributed by atoms with van der Waals surface area (Å²) in [6.07, 6.45) is -0.973. The number of ketones is 3. The molecule has 1 fully saturated rings. The number of phenols is 1. The summed E-state index contributed by atoms with van der Waals surface area (Å²) >= 11 is 0. The highest BCUT2D eigenvalue weighted by atomic mass is 16.5. The number of carbonyl (C=O) groups excluding carboxylic acids is 4. The smallest absolute Gasteiger partial charge is 0.305 e. The Morgan fingerprint density at radius 1 is 1.02 bits per heavy atom. The van der Waals surface area contributed by atoms with Crippen LogP contribution in [0.4, 0.5) is 0 Å². The van der Waals surface area contributed by atoms with Gasteiger partial charge >= 0.3 is 5.97 Å². The van der Waals surface area contributed by atoms with Crippen LogP contribution in [0.3, 0.4) is 0 Å². The van der Waals surface area contributed by atoms with E-state index in [0.29, 0.717) is 18.4 Å². The number of ether oxygens (including phenoxy) is 1. The number of allylic oxidation sites excluding steroid dienone is 1. The third-order valence-electron chi connectivity index (χ3n) is 8.39. The molecule has 2 aromatic carbocycles. The molecule has 1 saturated carbocycles. The minimum absolute atomic E-state index is 0.00456. The van der Waals surface area contributed by atoms with Crippen molar-refractivity contribution < 1.29 is 44.3 Å². The molecule has 0 saturated heterocycles. The molecule has 9 heteroatoms. The van der Waals surface area contributed by atoms with E-state index in [1.165, 1.54) is 6.07 Å². The third-order valence-corrected chi connectivity index (χ3v) is 8.39. The number of hydrogen-bond acceptors (Lipinski definition) is 9. The predicted molar refractivity (Wildman–Crippen MR) is 142 cm³/mol. The van der Waals surface area contributed by atoms with Gasteiger partial charge in [0.15, 0.2) is 17.2 Å². The molecule has 2 aromatic rings. The second-order valence-corrected chi connectivity index (χ2v) is 10.6. The summed E-state index contributed by atoms with van der Waals surface area (Å²) in [6, 6.07) is 14.2. The van der Waals surface area contributed by atoms with Crippen molar-refractivity contribution in [1.29, 1.82) is 0 Å². The van der Waals surface area contributed by atoms with E-state index in [1.54, 1.807) is 19.1 Å². The van der Waals surface area contributed by atoms with Crippen molar-refractivity contribution in [1.82, 2.24) is 0 Å². The number of fused-ring (bicyclic) bond motifs is 3. The zero-order valence-corrected chi connectivity index (χ0v) is 22.1. The number of benzene rings is 2. The molecule has 5 rings (SSSR count).